The van der Waals surface area contributed by atoms with Crippen molar-refractivity contribution in [3.63, 3.8) is 0 Å². The van der Waals surface area contributed by atoms with Crippen LogP contribution >= 0.6 is 0 Å². The molecule has 2 N–H and O–H groups in total. The van der Waals surface area contributed by atoms with Crippen molar-refractivity contribution in [3.8, 4) is 0 Å². The molecule has 7 heteroatoms. The third-order valence-corrected chi connectivity index (χ3v) is 2.70. The minimum absolute atomic E-state index is 0.0941. The number of rotatable bonds is 3. The van der Waals surface area contributed by atoms with Crippen LogP contribution in [0, 0.1) is 0 Å². The normalized spacial score (nSPS) is 15.4. The summed E-state index contributed by atoms with van der Waals surface area (Å²) in [4.78, 5) is 23.6. The van der Waals surface area contributed by atoms with Crippen molar-refractivity contribution in [2.45, 2.75) is 0 Å². The molecule has 0 radical (unpaired) electrons. The third kappa shape index (κ3) is 2.08. The number of carbonyl (C=O) groups excluding carboxylic acids is 1. The molecule has 1 aromatic rings. The van der Waals surface area contributed by atoms with E-state index < -0.39 is 0 Å². The first-order valence-electron chi connectivity index (χ1n) is 5.37. The van der Waals surface area contributed by atoms with Gasteiger partial charge in [0.1, 0.15) is 6.54 Å². The zero-order valence-corrected chi connectivity index (χ0v) is 10.2. The Morgan fingerprint density at radius 3 is 2.65 bits per heavy atom. The summed E-state index contributed by atoms with van der Waals surface area (Å²) in [6.45, 7) is 0.902. The molecule has 17 heavy (non-hydrogen) atoms. The van der Waals surface area contributed by atoms with Crippen LogP contribution in [0.5, 0.6) is 0 Å². The summed E-state index contributed by atoms with van der Waals surface area (Å²) in [6, 6.07) is 0. The molecule has 1 aromatic heterocycles. The summed E-state index contributed by atoms with van der Waals surface area (Å²) in [5.41, 5.74) is 0.812. The monoisotopic (exact) mass is 236 g/mol. The highest BCUT2D eigenvalue weighted by atomic mass is 16.2. The Morgan fingerprint density at radius 1 is 1.35 bits per heavy atom. The van der Waals surface area contributed by atoms with Crippen molar-refractivity contribution in [3.05, 3.63) is 6.20 Å². The standard InChI is InChI=1S/C10H16N6O/c1-11-7-4-13-10(12-2)14-9(7)16-5-8(17)15(3)6-16/h4,11H,5-6H2,1-3H3,(H,12,13,14). The van der Waals surface area contributed by atoms with Crippen LogP contribution in [0.15, 0.2) is 6.20 Å². The molecule has 0 bridgehead atoms. The van der Waals surface area contributed by atoms with E-state index in [1.165, 1.54) is 0 Å². The number of hydrogen-bond acceptors (Lipinski definition) is 6. The Kier molecular flexibility index (Phi) is 2.99. The number of carbonyl (C=O) groups is 1. The van der Waals surface area contributed by atoms with Crippen LogP contribution < -0.4 is 15.5 Å². The highest BCUT2D eigenvalue weighted by molar-refractivity contribution is 5.85. The Labute approximate surface area is 99.8 Å². The van der Waals surface area contributed by atoms with Crippen molar-refractivity contribution >= 4 is 23.4 Å². The molecule has 1 aliphatic heterocycles. The van der Waals surface area contributed by atoms with Crippen LogP contribution in [-0.4, -0.2) is 55.1 Å². The van der Waals surface area contributed by atoms with E-state index in [4.69, 9.17) is 0 Å². The van der Waals surface area contributed by atoms with Crippen molar-refractivity contribution in [2.24, 2.45) is 0 Å². The first-order valence-corrected chi connectivity index (χ1v) is 5.37. The van der Waals surface area contributed by atoms with E-state index in [2.05, 4.69) is 20.6 Å². The first-order chi connectivity index (χ1) is 8.15. The summed E-state index contributed by atoms with van der Waals surface area (Å²) in [5, 5.41) is 5.92. The average molecular weight is 236 g/mol. The van der Waals surface area contributed by atoms with Gasteiger partial charge in [-0.2, -0.15) is 4.98 Å². The van der Waals surface area contributed by atoms with E-state index in [1.54, 1.807) is 25.2 Å². The smallest absolute Gasteiger partial charge is 0.243 e. The second kappa shape index (κ2) is 4.44. The number of likely N-dealkylation sites (N-methyl/N-ethyl adjacent to an activating group) is 1. The number of nitrogens with zero attached hydrogens (tertiary/aromatic N) is 4. The van der Waals surface area contributed by atoms with Gasteiger partial charge < -0.3 is 20.4 Å². The van der Waals surface area contributed by atoms with E-state index in [0.29, 0.717) is 19.2 Å². The number of aromatic nitrogens is 2. The van der Waals surface area contributed by atoms with Crippen molar-refractivity contribution in [1.82, 2.24) is 14.9 Å². The molecule has 0 saturated carbocycles. The van der Waals surface area contributed by atoms with E-state index in [-0.39, 0.29) is 5.91 Å². The van der Waals surface area contributed by atoms with Gasteiger partial charge in [0.25, 0.3) is 0 Å². The molecule has 1 saturated heterocycles. The van der Waals surface area contributed by atoms with Crippen LogP contribution in [0.1, 0.15) is 0 Å². The summed E-state index contributed by atoms with van der Waals surface area (Å²) in [7, 11) is 5.35. The van der Waals surface area contributed by atoms with Crippen LogP contribution in [0.2, 0.25) is 0 Å². The van der Waals surface area contributed by atoms with Gasteiger partial charge in [0, 0.05) is 21.1 Å². The SMILES string of the molecule is CNc1ncc(NC)c(N2CC(=O)N(C)C2)n1. The van der Waals surface area contributed by atoms with Crippen molar-refractivity contribution in [2.75, 3.05) is 49.9 Å². The molecule has 0 aromatic carbocycles. The van der Waals surface area contributed by atoms with Crippen LogP contribution in [0.4, 0.5) is 17.5 Å². The Morgan fingerprint density at radius 2 is 2.12 bits per heavy atom. The van der Waals surface area contributed by atoms with Gasteiger partial charge in [0.15, 0.2) is 5.82 Å². The lowest BCUT2D eigenvalue weighted by atomic mass is 10.4. The first kappa shape index (κ1) is 11.4. The van der Waals surface area contributed by atoms with Gasteiger partial charge in [-0.05, 0) is 0 Å². The quantitative estimate of drug-likeness (QED) is 0.757. The predicted molar refractivity (Wildman–Crippen MR) is 66.1 cm³/mol. The van der Waals surface area contributed by atoms with Crippen LogP contribution in [0.3, 0.4) is 0 Å². The lowest BCUT2D eigenvalue weighted by Gasteiger charge is -2.19. The second-order valence-electron chi connectivity index (χ2n) is 3.86. The maximum atomic E-state index is 11.5. The number of nitrogens with one attached hydrogen (secondary N) is 2. The molecule has 0 spiro atoms. The highest BCUT2D eigenvalue weighted by Crippen LogP contribution is 2.25. The topological polar surface area (TPSA) is 73.4 Å². The minimum Gasteiger partial charge on any atom is -0.384 e. The number of anilines is 3. The molecule has 2 rings (SSSR count). The fraction of sp³-hybridized carbons (Fsp3) is 0.500. The Bertz CT molecular complexity index is 435. The molecule has 1 aliphatic rings. The molecule has 1 amide bonds. The molecule has 0 unspecified atom stereocenters. The summed E-state index contributed by atoms with van der Waals surface area (Å²) >= 11 is 0. The highest BCUT2D eigenvalue weighted by Gasteiger charge is 2.27. The second-order valence-corrected chi connectivity index (χ2v) is 3.86. The van der Waals surface area contributed by atoms with Gasteiger partial charge in [-0.1, -0.05) is 0 Å². The fourth-order valence-electron chi connectivity index (χ4n) is 1.72. The molecule has 0 aliphatic carbocycles. The largest absolute Gasteiger partial charge is 0.384 e. The Balaban J connectivity index is 2.33. The van der Waals surface area contributed by atoms with E-state index in [1.807, 2.05) is 11.9 Å². The lowest BCUT2D eigenvalue weighted by Crippen LogP contribution is -2.24. The average Bonchev–Trinajstić information content (AvgIpc) is 2.68. The van der Waals surface area contributed by atoms with Gasteiger partial charge in [0.2, 0.25) is 11.9 Å². The minimum atomic E-state index is 0.0941. The van der Waals surface area contributed by atoms with E-state index >= 15 is 0 Å². The molecular weight excluding hydrogens is 220 g/mol. The molecule has 7 nitrogen and oxygen atoms in total. The fourth-order valence-corrected chi connectivity index (χ4v) is 1.72. The predicted octanol–water partition coefficient (Wildman–Crippen LogP) is -0.204. The zero-order chi connectivity index (χ0) is 12.4. The molecule has 2 heterocycles. The van der Waals surface area contributed by atoms with Gasteiger partial charge in [-0.25, -0.2) is 4.98 Å². The van der Waals surface area contributed by atoms with Gasteiger partial charge in [-0.3, -0.25) is 4.79 Å². The van der Waals surface area contributed by atoms with Gasteiger partial charge >= 0.3 is 0 Å². The zero-order valence-electron chi connectivity index (χ0n) is 10.2. The molecular formula is C10H16N6O. The maximum Gasteiger partial charge on any atom is 0.243 e. The van der Waals surface area contributed by atoms with E-state index in [0.717, 1.165) is 11.5 Å². The Hall–Kier alpha value is -2.05. The molecule has 0 atom stereocenters. The summed E-state index contributed by atoms with van der Waals surface area (Å²) in [5.74, 6) is 1.38. The van der Waals surface area contributed by atoms with Gasteiger partial charge in [-0.15, -0.1) is 0 Å². The maximum absolute atomic E-state index is 11.5. The van der Waals surface area contributed by atoms with Gasteiger partial charge in [0.05, 0.1) is 18.6 Å². The van der Waals surface area contributed by atoms with Crippen LogP contribution in [-0.2, 0) is 4.79 Å². The summed E-state index contributed by atoms with van der Waals surface area (Å²) in [6.07, 6.45) is 1.71. The number of amides is 1. The van der Waals surface area contributed by atoms with Crippen molar-refractivity contribution in [1.29, 1.82) is 0 Å². The third-order valence-electron chi connectivity index (χ3n) is 2.70. The molecule has 92 valence electrons. The van der Waals surface area contributed by atoms with Crippen molar-refractivity contribution < 1.29 is 4.79 Å². The molecule has 1 fully saturated rings. The lowest BCUT2D eigenvalue weighted by molar-refractivity contribution is -0.125. The number of hydrogen-bond donors (Lipinski definition) is 2. The summed E-state index contributed by atoms with van der Waals surface area (Å²) < 4.78 is 0. The van der Waals surface area contributed by atoms with Crippen LogP contribution in [0.25, 0.3) is 0 Å². The van der Waals surface area contributed by atoms with E-state index in [9.17, 15) is 4.79 Å².